The molecule has 4 N–H and O–H groups in total. The van der Waals surface area contributed by atoms with E-state index >= 15 is 0 Å². The SMILES string of the molecule is NNc1cc(C(=O)NCc2ccoc2)ccn1. The summed E-state index contributed by atoms with van der Waals surface area (Å²) in [6, 6.07) is 4.98. The summed E-state index contributed by atoms with van der Waals surface area (Å²) in [5.41, 5.74) is 3.79. The zero-order valence-electron chi connectivity index (χ0n) is 9.01. The van der Waals surface area contributed by atoms with Crippen molar-refractivity contribution in [3.05, 3.63) is 48.0 Å². The molecule has 6 heteroatoms. The Labute approximate surface area is 97.8 Å². The van der Waals surface area contributed by atoms with Crippen LogP contribution in [0.1, 0.15) is 15.9 Å². The van der Waals surface area contributed by atoms with Crippen LogP contribution in [0, 0.1) is 0 Å². The number of nitrogens with zero attached hydrogens (tertiary/aromatic N) is 1. The second-order valence-electron chi connectivity index (χ2n) is 3.39. The van der Waals surface area contributed by atoms with Gasteiger partial charge in [0.25, 0.3) is 5.91 Å². The van der Waals surface area contributed by atoms with Crippen molar-refractivity contribution in [2.45, 2.75) is 6.54 Å². The van der Waals surface area contributed by atoms with Gasteiger partial charge in [-0.2, -0.15) is 0 Å². The van der Waals surface area contributed by atoms with Crippen molar-refractivity contribution in [2.24, 2.45) is 5.84 Å². The lowest BCUT2D eigenvalue weighted by Crippen LogP contribution is -2.23. The number of furan rings is 1. The van der Waals surface area contributed by atoms with Gasteiger partial charge in [0.15, 0.2) is 0 Å². The molecule has 88 valence electrons. The maximum absolute atomic E-state index is 11.8. The topological polar surface area (TPSA) is 93.2 Å². The Morgan fingerprint density at radius 3 is 3.06 bits per heavy atom. The molecule has 0 unspecified atom stereocenters. The molecule has 2 aromatic heterocycles. The normalized spacial score (nSPS) is 9.94. The molecule has 0 aliphatic rings. The van der Waals surface area contributed by atoms with E-state index in [0.717, 1.165) is 5.56 Å². The molecule has 2 rings (SSSR count). The van der Waals surface area contributed by atoms with E-state index in [1.54, 1.807) is 30.7 Å². The third-order valence-corrected chi connectivity index (χ3v) is 2.20. The second-order valence-corrected chi connectivity index (χ2v) is 3.39. The van der Waals surface area contributed by atoms with E-state index in [9.17, 15) is 4.79 Å². The number of carbonyl (C=O) groups excluding carboxylic acids is 1. The van der Waals surface area contributed by atoms with Crippen molar-refractivity contribution >= 4 is 11.7 Å². The summed E-state index contributed by atoms with van der Waals surface area (Å²) in [7, 11) is 0. The van der Waals surface area contributed by atoms with Crippen LogP contribution in [0.15, 0.2) is 41.3 Å². The highest BCUT2D eigenvalue weighted by Crippen LogP contribution is 2.06. The molecule has 0 radical (unpaired) electrons. The van der Waals surface area contributed by atoms with E-state index in [1.807, 2.05) is 0 Å². The summed E-state index contributed by atoms with van der Waals surface area (Å²) in [5, 5.41) is 2.76. The molecule has 6 nitrogen and oxygen atoms in total. The molecular formula is C11H12N4O2. The first-order valence-corrected chi connectivity index (χ1v) is 5.01. The van der Waals surface area contributed by atoms with Gasteiger partial charge in [-0.1, -0.05) is 0 Å². The molecule has 0 atom stereocenters. The number of pyridine rings is 1. The van der Waals surface area contributed by atoms with Gasteiger partial charge in [-0.15, -0.1) is 0 Å². The van der Waals surface area contributed by atoms with Crippen molar-refractivity contribution in [3.8, 4) is 0 Å². The van der Waals surface area contributed by atoms with Gasteiger partial charge in [-0.05, 0) is 18.2 Å². The maximum atomic E-state index is 11.8. The van der Waals surface area contributed by atoms with Crippen LogP contribution in [0.4, 0.5) is 5.82 Å². The Morgan fingerprint density at radius 1 is 1.47 bits per heavy atom. The van der Waals surface area contributed by atoms with E-state index in [1.165, 1.54) is 6.20 Å². The summed E-state index contributed by atoms with van der Waals surface area (Å²) in [6.45, 7) is 0.420. The fourth-order valence-corrected chi connectivity index (χ4v) is 1.33. The Bertz CT molecular complexity index is 496. The molecule has 0 bridgehead atoms. The van der Waals surface area contributed by atoms with E-state index in [-0.39, 0.29) is 5.91 Å². The fourth-order valence-electron chi connectivity index (χ4n) is 1.33. The zero-order valence-corrected chi connectivity index (χ0v) is 9.01. The van der Waals surface area contributed by atoms with Crippen LogP contribution in [0.25, 0.3) is 0 Å². The predicted octanol–water partition coefficient (Wildman–Crippen LogP) is 0.890. The van der Waals surface area contributed by atoms with Crippen LogP contribution >= 0.6 is 0 Å². The standard InChI is InChI=1S/C11H12N4O2/c12-15-10-5-9(1-3-13-10)11(16)14-6-8-2-4-17-7-8/h1-5,7H,6,12H2,(H,13,15)(H,14,16). The highest BCUT2D eigenvalue weighted by molar-refractivity contribution is 5.94. The van der Waals surface area contributed by atoms with E-state index < -0.39 is 0 Å². The molecule has 17 heavy (non-hydrogen) atoms. The van der Waals surface area contributed by atoms with Crippen molar-refractivity contribution in [2.75, 3.05) is 5.43 Å². The number of nitrogen functional groups attached to an aromatic ring is 1. The van der Waals surface area contributed by atoms with E-state index in [4.69, 9.17) is 10.3 Å². The first kappa shape index (κ1) is 11.2. The van der Waals surface area contributed by atoms with Gasteiger partial charge >= 0.3 is 0 Å². The summed E-state index contributed by atoms with van der Waals surface area (Å²) < 4.78 is 4.90. The molecule has 0 saturated carbocycles. The van der Waals surface area contributed by atoms with Gasteiger partial charge in [0.1, 0.15) is 5.82 Å². The van der Waals surface area contributed by atoms with Crippen molar-refractivity contribution in [1.29, 1.82) is 0 Å². The number of nitrogens with two attached hydrogens (primary N) is 1. The molecule has 0 spiro atoms. The largest absolute Gasteiger partial charge is 0.472 e. The van der Waals surface area contributed by atoms with Crippen LogP contribution < -0.4 is 16.6 Å². The molecule has 0 aliphatic heterocycles. The molecule has 2 heterocycles. The first-order valence-electron chi connectivity index (χ1n) is 5.01. The van der Waals surface area contributed by atoms with E-state index in [0.29, 0.717) is 17.9 Å². The highest BCUT2D eigenvalue weighted by Gasteiger charge is 2.06. The van der Waals surface area contributed by atoms with Crippen LogP contribution in [0.3, 0.4) is 0 Å². The summed E-state index contributed by atoms with van der Waals surface area (Å²) >= 11 is 0. The van der Waals surface area contributed by atoms with Crippen LogP contribution in [-0.4, -0.2) is 10.9 Å². The number of nitrogens with one attached hydrogen (secondary N) is 2. The van der Waals surface area contributed by atoms with Gasteiger partial charge in [0.2, 0.25) is 0 Å². The van der Waals surface area contributed by atoms with Gasteiger partial charge in [-0.3, -0.25) is 4.79 Å². The summed E-state index contributed by atoms with van der Waals surface area (Å²) in [4.78, 5) is 15.7. The number of anilines is 1. The second kappa shape index (κ2) is 5.13. The van der Waals surface area contributed by atoms with Gasteiger partial charge < -0.3 is 15.2 Å². The number of carbonyl (C=O) groups is 1. The monoisotopic (exact) mass is 232 g/mol. The van der Waals surface area contributed by atoms with Crippen LogP contribution in [0.5, 0.6) is 0 Å². The minimum Gasteiger partial charge on any atom is -0.472 e. The number of hydrogen-bond acceptors (Lipinski definition) is 5. The lowest BCUT2D eigenvalue weighted by atomic mass is 10.2. The summed E-state index contributed by atoms with van der Waals surface area (Å²) in [5.74, 6) is 5.47. The fraction of sp³-hybridized carbons (Fsp3) is 0.0909. The predicted molar refractivity (Wildman–Crippen MR) is 61.9 cm³/mol. The Balaban J connectivity index is 1.99. The number of hydrogen-bond donors (Lipinski definition) is 3. The minimum atomic E-state index is -0.190. The molecule has 0 aliphatic carbocycles. The molecular weight excluding hydrogens is 220 g/mol. The Hall–Kier alpha value is -2.34. The maximum Gasteiger partial charge on any atom is 0.251 e. The smallest absolute Gasteiger partial charge is 0.251 e. The number of amides is 1. The first-order chi connectivity index (χ1) is 8.29. The Kier molecular flexibility index (Phi) is 3.37. The van der Waals surface area contributed by atoms with Crippen LogP contribution in [-0.2, 0) is 6.54 Å². The van der Waals surface area contributed by atoms with E-state index in [2.05, 4.69) is 15.7 Å². The third-order valence-electron chi connectivity index (χ3n) is 2.20. The number of rotatable bonds is 4. The molecule has 1 amide bonds. The average molecular weight is 232 g/mol. The lowest BCUT2D eigenvalue weighted by Gasteiger charge is -2.04. The third kappa shape index (κ3) is 2.82. The van der Waals surface area contributed by atoms with Gasteiger partial charge in [0.05, 0.1) is 12.5 Å². The average Bonchev–Trinajstić information content (AvgIpc) is 2.89. The molecule has 0 saturated heterocycles. The van der Waals surface area contributed by atoms with Gasteiger partial charge in [-0.25, -0.2) is 10.8 Å². The molecule has 2 aromatic rings. The number of aromatic nitrogens is 1. The van der Waals surface area contributed by atoms with Crippen molar-refractivity contribution in [3.63, 3.8) is 0 Å². The van der Waals surface area contributed by atoms with Crippen molar-refractivity contribution < 1.29 is 9.21 Å². The van der Waals surface area contributed by atoms with Crippen molar-refractivity contribution in [1.82, 2.24) is 10.3 Å². The zero-order chi connectivity index (χ0) is 12.1. The number of hydrazine groups is 1. The molecule has 0 fully saturated rings. The Morgan fingerprint density at radius 2 is 2.35 bits per heavy atom. The van der Waals surface area contributed by atoms with Crippen LogP contribution in [0.2, 0.25) is 0 Å². The molecule has 0 aromatic carbocycles. The van der Waals surface area contributed by atoms with Gasteiger partial charge in [0, 0.05) is 23.9 Å². The quantitative estimate of drug-likeness (QED) is 0.537. The lowest BCUT2D eigenvalue weighted by molar-refractivity contribution is 0.0951. The summed E-state index contributed by atoms with van der Waals surface area (Å²) in [6.07, 6.45) is 4.66. The highest BCUT2D eigenvalue weighted by atomic mass is 16.3. The minimum absolute atomic E-state index is 0.190.